The van der Waals surface area contributed by atoms with Crippen LogP contribution in [0.1, 0.15) is 37.2 Å². The lowest BCUT2D eigenvalue weighted by Gasteiger charge is -2.15. The Hall–Kier alpha value is -3.50. The summed E-state index contributed by atoms with van der Waals surface area (Å²) in [6.45, 7) is 6.00. The number of hydrogen-bond donors (Lipinski definition) is 1. The van der Waals surface area contributed by atoms with E-state index in [0.29, 0.717) is 51.3 Å². The van der Waals surface area contributed by atoms with E-state index in [4.69, 9.17) is 9.47 Å². The number of ether oxygens (including phenoxy) is 2. The van der Waals surface area contributed by atoms with Gasteiger partial charge in [-0.15, -0.1) is 0 Å². The minimum atomic E-state index is -0.289. The predicted molar refractivity (Wildman–Crippen MR) is 161 cm³/mol. The first kappa shape index (κ1) is 28.5. The van der Waals surface area contributed by atoms with Gasteiger partial charge < -0.3 is 14.8 Å². The number of carbonyl (C=O) groups excluding carboxylic acids is 1. The molecule has 4 aromatic rings. The topological polar surface area (TPSA) is 94.8 Å². The summed E-state index contributed by atoms with van der Waals surface area (Å²) in [7, 11) is 0. The van der Waals surface area contributed by atoms with Gasteiger partial charge >= 0.3 is 0 Å². The molecule has 202 valence electrons. The second-order valence-electron chi connectivity index (χ2n) is 8.72. The first-order valence-corrected chi connectivity index (χ1v) is 14.1. The maximum Gasteiger partial charge on any atom is 0.282 e. The van der Waals surface area contributed by atoms with Gasteiger partial charge in [-0.25, -0.2) is 4.98 Å². The first-order chi connectivity index (χ1) is 18.8. The lowest BCUT2D eigenvalue weighted by molar-refractivity contribution is -0.118. The first-order valence-electron chi connectivity index (χ1n) is 12.5. The Morgan fingerprint density at radius 3 is 2.64 bits per heavy atom. The smallest absolute Gasteiger partial charge is 0.282 e. The summed E-state index contributed by atoms with van der Waals surface area (Å²) in [6, 6.07) is 16.5. The van der Waals surface area contributed by atoms with E-state index in [1.54, 1.807) is 24.4 Å². The van der Waals surface area contributed by atoms with Crippen molar-refractivity contribution in [2.75, 3.05) is 18.5 Å². The van der Waals surface area contributed by atoms with E-state index in [2.05, 4.69) is 47.3 Å². The van der Waals surface area contributed by atoms with Gasteiger partial charge in [0.15, 0.2) is 18.1 Å². The van der Waals surface area contributed by atoms with Gasteiger partial charge in [0.2, 0.25) is 0 Å². The Morgan fingerprint density at radius 1 is 1.10 bits per heavy atom. The van der Waals surface area contributed by atoms with Gasteiger partial charge in [-0.3, -0.25) is 9.59 Å². The molecule has 0 aliphatic rings. The molecular weight excluding hydrogens is 628 g/mol. The molecule has 8 nitrogen and oxygen atoms in total. The van der Waals surface area contributed by atoms with E-state index < -0.39 is 0 Å². The van der Waals surface area contributed by atoms with Gasteiger partial charge in [0.25, 0.3) is 11.5 Å². The summed E-state index contributed by atoms with van der Waals surface area (Å²) in [5, 5.41) is 7.83. The minimum Gasteiger partial charge on any atom is -0.490 e. The number of fused-ring (bicyclic) bond motifs is 1. The van der Waals surface area contributed by atoms with E-state index in [1.807, 2.05) is 57.2 Å². The van der Waals surface area contributed by atoms with E-state index >= 15 is 0 Å². The molecule has 0 spiro atoms. The van der Waals surface area contributed by atoms with Crippen molar-refractivity contribution < 1.29 is 14.3 Å². The maximum atomic E-state index is 13.3. The van der Waals surface area contributed by atoms with Crippen molar-refractivity contribution >= 4 is 60.6 Å². The molecule has 0 atom stereocenters. The molecule has 0 radical (unpaired) electrons. The molecule has 0 unspecified atom stereocenters. The largest absolute Gasteiger partial charge is 0.490 e. The Morgan fingerprint density at radius 2 is 1.90 bits per heavy atom. The number of carbonyl (C=O) groups is 1. The summed E-state index contributed by atoms with van der Waals surface area (Å²) in [4.78, 5) is 30.5. The van der Waals surface area contributed by atoms with Crippen LogP contribution in [0.4, 0.5) is 5.69 Å². The monoisotopic (exact) mass is 654 g/mol. The number of nitrogens with one attached hydrogen (secondary N) is 1. The predicted octanol–water partition coefficient (Wildman–Crippen LogP) is 6.48. The molecule has 3 aromatic carbocycles. The van der Waals surface area contributed by atoms with Crippen molar-refractivity contribution in [3.05, 3.63) is 90.8 Å². The van der Waals surface area contributed by atoms with Crippen LogP contribution in [0.5, 0.6) is 11.5 Å². The highest BCUT2D eigenvalue weighted by Crippen LogP contribution is 2.36. The van der Waals surface area contributed by atoms with Crippen LogP contribution in [-0.2, 0) is 11.2 Å². The van der Waals surface area contributed by atoms with Crippen LogP contribution < -0.4 is 20.3 Å². The van der Waals surface area contributed by atoms with Crippen LogP contribution in [0.15, 0.2) is 73.4 Å². The molecule has 0 aliphatic carbocycles. The minimum absolute atomic E-state index is 0.200. The average Bonchev–Trinajstić information content (AvgIpc) is 2.90. The van der Waals surface area contributed by atoms with Gasteiger partial charge in [0.1, 0.15) is 5.82 Å². The van der Waals surface area contributed by atoms with Crippen molar-refractivity contribution in [2.24, 2.45) is 5.10 Å². The zero-order valence-electron chi connectivity index (χ0n) is 21.8. The Labute approximate surface area is 243 Å². The van der Waals surface area contributed by atoms with Crippen LogP contribution in [-0.4, -0.2) is 35.0 Å². The number of nitrogens with zero attached hydrogens (tertiary/aromatic N) is 3. The number of amides is 1. The van der Waals surface area contributed by atoms with Crippen molar-refractivity contribution in [2.45, 2.75) is 33.6 Å². The molecule has 0 saturated carbocycles. The van der Waals surface area contributed by atoms with Gasteiger partial charge in [-0.05, 0) is 83.7 Å². The van der Waals surface area contributed by atoms with Gasteiger partial charge in [0, 0.05) is 16.6 Å². The fourth-order valence-electron chi connectivity index (χ4n) is 3.93. The Bertz CT molecular complexity index is 1600. The van der Waals surface area contributed by atoms with Crippen LogP contribution >= 0.6 is 31.9 Å². The normalized spacial score (nSPS) is 11.2. The molecule has 1 amide bonds. The number of aromatic nitrogens is 2. The summed E-state index contributed by atoms with van der Waals surface area (Å²) in [5.74, 6) is 1.13. The number of anilines is 1. The molecule has 1 heterocycles. The number of benzene rings is 3. The molecule has 0 bridgehead atoms. The van der Waals surface area contributed by atoms with E-state index in [1.165, 1.54) is 4.68 Å². The SMILES string of the molecule is CCCc1nc2ccc(Br)cc2c(=O)n1N=Cc1cc(Br)c(OCC(=O)Nc2ccccc2C)c(OCC)c1. The highest BCUT2D eigenvalue weighted by molar-refractivity contribution is 9.10. The molecule has 0 aliphatic heterocycles. The van der Waals surface area contributed by atoms with Gasteiger partial charge in [-0.2, -0.15) is 9.78 Å². The van der Waals surface area contributed by atoms with Crippen LogP contribution in [0, 0.1) is 6.92 Å². The third-order valence-electron chi connectivity index (χ3n) is 5.77. The van der Waals surface area contributed by atoms with E-state index in [9.17, 15) is 9.59 Å². The van der Waals surface area contributed by atoms with Gasteiger partial charge in [0.05, 0.1) is 28.2 Å². The number of hydrogen-bond acceptors (Lipinski definition) is 6. The molecule has 1 aromatic heterocycles. The summed E-state index contributed by atoms with van der Waals surface area (Å²) in [6.07, 6.45) is 2.99. The molecule has 1 N–H and O–H groups in total. The quantitative estimate of drug-likeness (QED) is 0.197. The molecule has 4 rings (SSSR count). The third-order valence-corrected chi connectivity index (χ3v) is 6.85. The fourth-order valence-corrected chi connectivity index (χ4v) is 4.86. The number of halogens is 2. The average molecular weight is 656 g/mol. The lowest BCUT2D eigenvalue weighted by atomic mass is 10.2. The van der Waals surface area contributed by atoms with Crippen molar-refractivity contribution in [3.8, 4) is 11.5 Å². The number of rotatable bonds is 10. The van der Waals surface area contributed by atoms with Crippen molar-refractivity contribution in [1.29, 1.82) is 0 Å². The standard InChI is InChI=1S/C29H28Br2N4O4/c1-4-8-26-33-24-12-11-20(30)15-21(24)29(37)35(26)32-16-19-13-22(31)28(25(14-19)38-5-2)39-17-27(36)34-23-10-7-6-9-18(23)3/h6-7,9-16H,4-5,8,17H2,1-3H3,(H,34,36). The van der Waals surface area contributed by atoms with Gasteiger partial charge in [-0.1, -0.05) is 41.1 Å². The lowest BCUT2D eigenvalue weighted by Crippen LogP contribution is -2.22. The Kier molecular flexibility index (Phi) is 9.53. The third kappa shape index (κ3) is 6.93. The molecule has 0 saturated heterocycles. The Balaban J connectivity index is 1.61. The number of aryl methyl sites for hydroxylation is 2. The zero-order valence-corrected chi connectivity index (χ0v) is 25.0. The molecular formula is C29H28Br2N4O4. The maximum absolute atomic E-state index is 13.3. The summed E-state index contributed by atoms with van der Waals surface area (Å²) >= 11 is 6.96. The fraction of sp³-hybridized carbons (Fsp3) is 0.241. The second kappa shape index (κ2) is 13.0. The van der Waals surface area contributed by atoms with E-state index in [0.717, 1.165) is 22.1 Å². The molecule has 39 heavy (non-hydrogen) atoms. The summed E-state index contributed by atoms with van der Waals surface area (Å²) < 4.78 is 14.4. The highest BCUT2D eigenvalue weighted by atomic mass is 79.9. The van der Waals surface area contributed by atoms with Crippen molar-refractivity contribution in [1.82, 2.24) is 9.66 Å². The number of para-hydroxylation sites is 1. The van der Waals surface area contributed by atoms with Crippen LogP contribution in [0.2, 0.25) is 0 Å². The van der Waals surface area contributed by atoms with Crippen LogP contribution in [0.25, 0.3) is 10.9 Å². The molecule has 0 fully saturated rings. The highest BCUT2D eigenvalue weighted by Gasteiger charge is 2.15. The second-order valence-corrected chi connectivity index (χ2v) is 10.5. The van der Waals surface area contributed by atoms with Crippen molar-refractivity contribution in [3.63, 3.8) is 0 Å². The van der Waals surface area contributed by atoms with Crippen LogP contribution in [0.3, 0.4) is 0 Å². The van der Waals surface area contributed by atoms with E-state index in [-0.39, 0.29) is 18.1 Å². The summed E-state index contributed by atoms with van der Waals surface area (Å²) in [5.41, 5.74) is 2.75. The zero-order chi connectivity index (χ0) is 27.9. The molecule has 10 heteroatoms.